The zero-order chi connectivity index (χ0) is 24.2. The van der Waals surface area contributed by atoms with Gasteiger partial charge in [-0.2, -0.15) is 5.10 Å². The maximum absolute atomic E-state index is 13.4. The number of nitrogens with one attached hydrogen (secondary N) is 2. The minimum Gasteiger partial charge on any atom is -0.381 e. The smallest absolute Gasteiger partial charge is 0.252 e. The quantitative estimate of drug-likeness (QED) is 0.467. The molecular weight excluding hydrogens is 440 g/mol. The van der Waals surface area contributed by atoms with Crippen LogP contribution in [0.2, 0.25) is 0 Å². The van der Waals surface area contributed by atoms with Crippen molar-refractivity contribution in [3.63, 3.8) is 0 Å². The summed E-state index contributed by atoms with van der Waals surface area (Å²) >= 11 is 0. The number of ether oxygens (including phenoxy) is 1. The standard InChI is InChI=1S/C27H36N6O2/c1-28-10-11-32(2)18-20-4-3-5-21(14-20)25-15-23(27(34)29-16-19-8-12-35-13-9-19)24-17-30-33(22-6-7-22)26(24)31-25/h3-5,14-15,17,19,22,28H,6-13,16,18H2,1-2H3,(H,29,34). The van der Waals surface area contributed by atoms with Crippen LogP contribution in [-0.2, 0) is 11.3 Å². The highest BCUT2D eigenvalue weighted by atomic mass is 16.5. The second kappa shape index (κ2) is 10.8. The first-order valence-electron chi connectivity index (χ1n) is 12.8. The molecule has 1 aromatic carbocycles. The lowest BCUT2D eigenvalue weighted by Crippen LogP contribution is -2.32. The van der Waals surface area contributed by atoms with Gasteiger partial charge in [-0.25, -0.2) is 9.67 Å². The molecule has 1 aliphatic carbocycles. The molecule has 1 aliphatic heterocycles. The molecule has 3 aromatic rings. The molecule has 1 saturated carbocycles. The third-order valence-corrected chi connectivity index (χ3v) is 7.02. The van der Waals surface area contributed by atoms with Crippen molar-refractivity contribution in [2.24, 2.45) is 5.92 Å². The third kappa shape index (κ3) is 5.72. The number of carbonyl (C=O) groups excluding carboxylic acids is 1. The van der Waals surface area contributed by atoms with E-state index in [1.165, 1.54) is 5.56 Å². The number of carbonyl (C=O) groups is 1. The molecule has 2 fully saturated rings. The van der Waals surface area contributed by atoms with Crippen LogP contribution in [-0.4, -0.2) is 72.5 Å². The first-order chi connectivity index (χ1) is 17.1. The molecule has 8 heteroatoms. The van der Waals surface area contributed by atoms with E-state index < -0.39 is 0 Å². The van der Waals surface area contributed by atoms with Crippen molar-refractivity contribution in [3.8, 4) is 11.3 Å². The second-order valence-corrected chi connectivity index (χ2v) is 9.92. The van der Waals surface area contributed by atoms with E-state index in [9.17, 15) is 4.79 Å². The van der Waals surface area contributed by atoms with Gasteiger partial charge in [-0.05, 0) is 63.4 Å². The fraction of sp³-hybridized carbons (Fsp3) is 0.519. The highest BCUT2D eigenvalue weighted by Gasteiger charge is 2.28. The molecule has 3 heterocycles. The molecule has 8 nitrogen and oxygen atoms in total. The molecule has 0 radical (unpaired) electrons. The normalized spacial score (nSPS) is 16.8. The van der Waals surface area contributed by atoms with Crippen LogP contribution in [0.5, 0.6) is 0 Å². The number of fused-ring (bicyclic) bond motifs is 1. The van der Waals surface area contributed by atoms with Crippen LogP contribution in [0.1, 0.15) is 47.6 Å². The third-order valence-electron chi connectivity index (χ3n) is 7.02. The van der Waals surface area contributed by atoms with Gasteiger partial charge in [0.25, 0.3) is 5.91 Å². The first kappa shape index (κ1) is 23.9. The van der Waals surface area contributed by atoms with E-state index in [0.29, 0.717) is 24.1 Å². The van der Waals surface area contributed by atoms with Crippen molar-refractivity contribution >= 4 is 16.9 Å². The highest BCUT2D eigenvalue weighted by molar-refractivity contribution is 6.06. The van der Waals surface area contributed by atoms with Crippen LogP contribution >= 0.6 is 0 Å². The summed E-state index contributed by atoms with van der Waals surface area (Å²) in [6.45, 7) is 5.01. The average molecular weight is 477 g/mol. The van der Waals surface area contributed by atoms with E-state index >= 15 is 0 Å². The van der Waals surface area contributed by atoms with Gasteiger partial charge in [0.2, 0.25) is 0 Å². The molecule has 1 amide bonds. The van der Waals surface area contributed by atoms with Crippen molar-refractivity contribution < 1.29 is 9.53 Å². The maximum Gasteiger partial charge on any atom is 0.252 e. The average Bonchev–Trinajstić information content (AvgIpc) is 3.64. The van der Waals surface area contributed by atoms with Gasteiger partial charge < -0.3 is 20.3 Å². The van der Waals surface area contributed by atoms with Crippen molar-refractivity contribution in [2.75, 3.05) is 46.9 Å². The van der Waals surface area contributed by atoms with E-state index in [1.807, 2.05) is 17.8 Å². The van der Waals surface area contributed by atoms with E-state index in [1.54, 1.807) is 6.20 Å². The topological polar surface area (TPSA) is 84.3 Å². The largest absolute Gasteiger partial charge is 0.381 e. The molecule has 0 bridgehead atoms. The Morgan fingerprint density at radius 2 is 2.03 bits per heavy atom. The van der Waals surface area contributed by atoms with Crippen molar-refractivity contribution in [1.82, 2.24) is 30.3 Å². The Labute approximate surface area is 207 Å². The van der Waals surface area contributed by atoms with Crippen LogP contribution in [0.25, 0.3) is 22.3 Å². The summed E-state index contributed by atoms with van der Waals surface area (Å²) in [5.41, 5.74) is 4.52. The van der Waals surface area contributed by atoms with Crippen LogP contribution in [0.15, 0.2) is 36.5 Å². The maximum atomic E-state index is 13.4. The molecule has 2 N–H and O–H groups in total. The number of rotatable bonds is 10. The van der Waals surface area contributed by atoms with Gasteiger partial charge >= 0.3 is 0 Å². The summed E-state index contributed by atoms with van der Waals surface area (Å²) in [5, 5.41) is 11.8. The number of likely N-dealkylation sites (N-methyl/N-ethyl adjacent to an activating group) is 2. The number of amides is 1. The summed E-state index contributed by atoms with van der Waals surface area (Å²) in [6, 6.07) is 10.8. The van der Waals surface area contributed by atoms with Crippen molar-refractivity contribution in [1.29, 1.82) is 0 Å². The number of benzene rings is 1. The van der Waals surface area contributed by atoms with E-state index in [-0.39, 0.29) is 5.91 Å². The highest BCUT2D eigenvalue weighted by Crippen LogP contribution is 2.37. The van der Waals surface area contributed by atoms with Crippen molar-refractivity contribution in [2.45, 2.75) is 38.3 Å². The lowest BCUT2D eigenvalue weighted by molar-refractivity contribution is 0.0643. The molecule has 2 aromatic heterocycles. The second-order valence-electron chi connectivity index (χ2n) is 9.92. The summed E-state index contributed by atoms with van der Waals surface area (Å²) in [4.78, 5) is 20.7. The zero-order valence-electron chi connectivity index (χ0n) is 20.8. The van der Waals surface area contributed by atoms with Crippen LogP contribution < -0.4 is 10.6 Å². The number of hydrogen-bond acceptors (Lipinski definition) is 6. The molecule has 2 aliphatic rings. The monoisotopic (exact) mass is 476 g/mol. The lowest BCUT2D eigenvalue weighted by atomic mass is 10.00. The number of hydrogen-bond donors (Lipinski definition) is 2. The van der Waals surface area contributed by atoms with Crippen molar-refractivity contribution in [3.05, 3.63) is 47.7 Å². The molecular formula is C27H36N6O2. The molecule has 1 saturated heterocycles. The van der Waals surface area contributed by atoms with Gasteiger partial charge in [0.05, 0.1) is 28.9 Å². The SMILES string of the molecule is CNCCN(C)Cc1cccc(-c2cc(C(=O)NCC3CCOCC3)c3cnn(C4CC4)c3n2)c1. The fourth-order valence-corrected chi connectivity index (χ4v) is 4.75. The van der Waals surface area contributed by atoms with E-state index in [0.717, 1.165) is 80.8 Å². The molecule has 0 spiro atoms. The lowest BCUT2D eigenvalue weighted by Gasteiger charge is -2.22. The Bertz CT molecular complexity index is 1170. The van der Waals surface area contributed by atoms with Crippen LogP contribution in [0.3, 0.4) is 0 Å². The minimum atomic E-state index is -0.0524. The number of pyridine rings is 1. The summed E-state index contributed by atoms with van der Waals surface area (Å²) < 4.78 is 7.46. The number of nitrogens with zero attached hydrogens (tertiary/aromatic N) is 4. The van der Waals surface area contributed by atoms with E-state index in [4.69, 9.17) is 9.72 Å². The predicted molar refractivity (Wildman–Crippen MR) is 137 cm³/mol. The summed E-state index contributed by atoms with van der Waals surface area (Å²) in [5.74, 6) is 0.415. The Kier molecular flexibility index (Phi) is 7.41. The van der Waals surface area contributed by atoms with Gasteiger partial charge in [0.15, 0.2) is 5.65 Å². The molecule has 186 valence electrons. The Hall–Kier alpha value is -2.81. The summed E-state index contributed by atoms with van der Waals surface area (Å²) in [6.07, 6.45) is 6.02. The van der Waals surface area contributed by atoms with Gasteiger partial charge in [0.1, 0.15) is 0 Å². The predicted octanol–water partition coefficient (Wildman–Crippen LogP) is 3.24. The van der Waals surface area contributed by atoms with Gasteiger partial charge in [-0.1, -0.05) is 18.2 Å². The summed E-state index contributed by atoms with van der Waals surface area (Å²) in [7, 11) is 4.10. The van der Waals surface area contributed by atoms with Crippen LogP contribution in [0.4, 0.5) is 0 Å². The Morgan fingerprint density at radius 1 is 1.20 bits per heavy atom. The minimum absolute atomic E-state index is 0.0524. The molecule has 35 heavy (non-hydrogen) atoms. The van der Waals surface area contributed by atoms with Gasteiger partial charge in [0, 0.05) is 45.0 Å². The molecule has 0 unspecified atom stereocenters. The van der Waals surface area contributed by atoms with Gasteiger partial charge in [-0.3, -0.25) is 4.79 Å². The molecule has 5 rings (SSSR count). The Morgan fingerprint density at radius 3 is 2.80 bits per heavy atom. The molecule has 0 atom stereocenters. The van der Waals surface area contributed by atoms with Crippen LogP contribution in [0, 0.1) is 5.92 Å². The zero-order valence-corrected chi connectivity index (χ0v) is 20.8. The fourth-order valence-electron chi connectivity index (χ4n) is 4.75. The Balaban J connectivity index is 1.44. The van der Waals surface area contributed by atoms with E-state index in [2.05, 4.69) is 51.9 Å². The van der Waals surface area contributed by atoms with Gasteiger partial charge in [-0.15, -0.1) is 0 Å². The first-order valence-corrected chi connectivity index (χ1v) is 12.8. The number of aromatic nitrogens is 3.